The molecule has 0 bridgehead atoms. The van der Waals surface area contributed by atoms with Gasteiger partial charge in [0.2, 0.25) is 0 Å². The number of hydrogen-bond donors (Lipinski definition) is 0. The molecule has 0 radical (unpaired) electrons. The number of rotatable bonds is 4. The van der Waals surface area contributed by atoms with E-state index in [0.717, 1.165) is 12.1 Å². The second-order valence-corrected chi connectivity index (χ2v) is 4.88. The molecule has 1 aliphatic heterocycles. The van der Waals surface area contributed by atoms with Gasteiger partial charge in [-0.1, -0.05) is 0 Å². The van der Waals surface area contributed by atoms with Gasteiger partial charge in [-0.25, -0.2) is 9.07 Å². The minimum Gasteiger partial charge on any atom is -0.460 e. The Kier molecular flexibility index (Phi) is 3.96. The Bertz CT molecular complexity index is 618. The molecule has 1 unspecified atom stereocenters. The first kappa shape index (κ1) is 13.8. The van der Waals surface area contributed by atoms with Crippen LogP contribution in [0.3, 0.4) is 0 Å². The monoisotopic (exact) mass is 290 g/mol. The van der Waals surface area contributed by atoms with Gasteiger partial charge in [0.05, 0.1) is 31.0 Å². The predicted octanol–water partition coefficient (Wildman–Crippen LogP) is 1.89. The van der Waals surface area contributed by atoms with E-state index in [1.165, 1.54) is 12.1 Å². The summed E-state index contributed by atoms with van der Waals surface area (Å²) in [4.78, 5) is 11.8. The van der Waals surface area contributed by atoms with Crippen molar-refractivity contribution in [1.82, 2.24) is 9.78 Å². The molecule has 0 amide bonds. The number of carbonyl (C=O) groups is 1. The lowest BCUT2D eigenvalue weighted by atomic mass is 10.3. The lowest BCUT2D eigenvalue weighted by Gasteiger charge is -2.08. The van der Waals surface area contributed by atoms with Crippen molar-refractivity contribution in [2.45, 2.75) is 18.9 Å². The van der Waals surface area contributed by atoms with Crippen molar-refractivity contribution >= 4 is 5.97 Å². The smallest absolute Gasteiger partial charge is 0.312 e. The summed E-state index contributed by atoms with van der Waals surface area (Å²) in [6.45, 7) is 1.10. The highest BCUT2D eigenvalue weighted by Crippen LogP contribution is 2.12. The van der Waals surface area contributed by atoms with Gasteiger partial charge in [0, 0.05) is 12.6 Å². The van der Waals surface area contributed by atoms with Crippen molar-refractivity contribution in [1.29, 1.82) is 0 Å². The van der Waals surface area contributed by atoms with Crippen LogP contribution >= 0.6 is 0 Å². The third-order valence-electron chi connectivity index (χ3n) is 3.25. The molecule has 6 heteroatoms. The van der Waals surface area contributed by atoms with Gasteiger partial charge < -0.3 is 9.47 Å². The number of benzene rings is 1. The maximum atomic E-state index is 12.9. The molecule has 1 aliphatic rings. The van der Waals surface area contributed by atoms with E-state index in [-0.39, 0.29) is 24.3 Å². The van der Waals surface area contributed by atoms with E-state index in [4.69, 9.17) is 9.47 Å². The molecule has 5 nitrogen and oxygen atoms in total. The van der Waals surface area contributed by atoms with Crippen molar-refractivity contribution in [3.05, 3.63) is 48.0 Å². The molecule has 1 aromatic carbocycles. The topological polar surface area (TPSA) is 53.4 Å². The maximum absolute atomic E-state index is 12.9. The van der Waals surface area contributed by atoms with Crippen LogP contribution in [0.5, 0.6) is 0 Å². The van der Waals surface area contributed by atoms with Gasteiger partial charge in [0.25, 0.3) is 0 Å². The molecule has 2 heterocycles. The molecule has 21 heavy (non-hydrogen) atoms. The van der Waals surface area contributed by atoms with E-state index in [9.17, 15) is 9.18 Å². The second kappa shape index (κ2) is 6.05. The summed E-state index contributed by atoms with van der Waals surface area (Å²) in [6.07, 6.45) is 2.45. The van der Waals surface area contributed by atoms with Crippen LogP contribution in [-0.2, 0) is 20.7 Å². The molecule has 0 aliphatic carbocycles. The van der Waals surface area contributed by atoms with E-state index < -0.39 is 0 Å². The highest BCUT2D eigenvalue weighted by atomic mass is 19.1. The largest absolute Gasteiger partial charge is 0.460 e. The number of esters is 1. The van der Waals surface area contributed by atoms with E-state index >= 15 is 0 Å². The molecule has 3 rings (SSSR count). The summed E-state index contributed by atoms with van der Waals surface area (Å²) >= 11 is 0. The van der Waals surface area contributed by atoms with E-state index in [0.29, 0.717) is 18.9 Å². The summed E-state index contributed by atoms with van der Waals surface area (Å²) in [7, 11) is 0. The van der Waals surface area contributed by atoms with E-state index in [1.807, 2.05) is 0 Å². The highest BCUT2D eigenvalue weighted by molar-refractivity contribution is 5.72. The standard InChI is InChI=1S/C15H15FN2O3/c16-11-1-3-13(4-2-11)18-7-5-12(17-18)9-15(19)21-14-6-8-20-10-14/h1-5,7,14H,6,8-10H2. The maximum Gasteiger partial charge on any atom is 0.312 e. The Morgan fingerprint density at radius 2 is 2.19 bits per heavy atom. The lowest BCUT2D eigenvalue weighted by Crippen LogP contribution is -2.19. The fourth-order valence-corrected chi connectivity index (χ4v) is 2.17. The summed E-state index contributed by atoms with van der Waals surface area (Å²) in [6, 6.07) is 7.73. The summed E-state index contributed by atoms with van der Waals surface area (Å²) in [5, 5.41) is 4.29. The average Bonchev–Trinajstić information content (AvgIpc) is 3.11. The molecule has 110 valence electrons. The summed E-state index contributed by atoms with van der Waals surface area (Å²) in [5.41, 5.74) is 1.35. The van der Waals surface area contributed by atoms with Crippen molar-refractivity contribution in [2.24, 2.45) is 0 Å². The van der Waals surface area contributed by atoms with Crippen LogP contribution in [0.25, 0.3) is 5.69 Å². The van der Waals surface area contributed by atoms with E-state index in [2.05, 4.69) is 5.10 Å². The number of aromatic nitrogens is 2. The van der Waals surface area contributed by atoms with Gasteiger partial charge in [-0.3, -0.25) is 4.79 Å². The number of ether oxygens (including phenoxy) is 2. The first-order valence-electron chi connectivity index (χ1n) is 6.78. The predicted molar refractivity (Wildman–Crippen MR) is 72.5 cm³/mol. The van der Waals surface area contributed by atoms with Crippen LogP contribution in [-0.4, -0.2) is 35.1 Å². The first-order valence-corrected chi connectivity index (χ1v) is 6.78. The van der Waals surface area contributed by atoms with Crippen molar-refractivity contribution in [3.8, 4) is 5.69 Å². The number of carbonyl (C=O) groups excluding carboxylic acids is 1. The van der Waals surface area contributed by atoms with Crippen LogP contribution in [0.15, 0.2) is 36.5 Å². The molecular formula is C15H15FN2O3. The number of nitrogens with zero attached hydrogens (tertiary/aromatic N) is 2. The molecule has 1 fully saturated rings. The van der Waals surface area contributed by atoms with Gasteiger partial charge in [-0.05, 0) is 30.3 Å². The van der Waals surface area contributed by atoms with Gasteiger partial charge in [-0.2, -0.15) is 5.10 Å². The Morgan fingerprint density at radius 1 is 1.38 bits per heavy atom. The molecule has 1 saturated heterocycles. The van der Waals surface area contributed by atoms with Crippen LogP contribution in [0.2, 0.25) is 0 Å². The van der Waals surface area contributed by atoms with Gasteiger partial charge >= 0.3 is 5.97 Å². The fraction of sp³-hybridized carbons (Fsp3) is 0.333. The minimum atomic E-state index is -0.310. The third-order valence-corrected chi connectivity index (χ3v) is 3.25. The van der Waals surface area contributed by atoms with Crippen LogP contribution in [0, 0.1) is 5.82 Å². The molecule has 1 aromatic heterocycles. The summed E-state index contributed by atoms with van der Waals surface area (Å²) < 4.78 is 24.9. The minimum absolute atomic E-state index is 0.116. The van der Waals surface area contributed by atoms with Crippen molar-refractivity contribution < 1.29 is 18.7 Å². The molecule has 0 saturated carbocycles. The molecule has 0 spiro atoms. The van der Waals surface area contributed by atoms with Crippen LogP contribution in [0.4, 0.5) is 4.39 Å². The van der Waals surface area contributed by atoms with E-state index in [1.54, 1.807) is 29.1 Å². The van der Waals surface area contributed by atoms with Gasteiger partial charge in [-0.15, -0.1) is 0 Å². The Hall–Kier alpha value is -2.21. The Morgan fingerprint density at radius 3 is 2.90 bits per heavy atom. The molecular weight excluding hydrogens is 275 g/mol. The second-order valence-electron chi connectivity index (χ2n) is 4.88. The number of halogens is 1. The summed E-state index contributed by atoms with van der Waals surface area (Å²) in [5.74, 6) is -0.608. The molecule has 2 aromatic rings. The quantitative estimate of drug-likeness (QED) is 0.807. The highest BCUT2D eigenvalue weighted by Gasteiger charge is 2.20. The SMILES string of the molecule is O=C(Cc1ccn(-c2ccc(F)cc2)n1)OC1CCOC1. The van der Waals surface area contributed by atoms with Gasteiger partial charge in [0.15, 0.2) is 0 Å². The zero-order valence-electron chi connectivity index (χ0n) is 11.4. The average molecular weight is 290 g/mol. The zero-order chi connectivity index (χ0) is 14.7. The third kappa shape index (κ3) is 3.46. The molecule has 1 atom stereocenters. The molecule has 0 N–H and O–H groups in total. The van der Waals surface area contributed by atoms with Crippen molar-refractivity contribution in [2.75, 3.05) is 13.2 Å². The van der Waals surface area contributed by atoms with Gasteiger partial charge in [0.1, 0.15) is 11.9 Å². The fourth-order valence-electron chi connectivity index (χ4n) is 2.17. The van der Waals surface area contributed by atoms with Crippen LogP contribution in [0.1, 0.15) is 12.1 Å². The lowest BCUT2D eigenvalue weighted by molar-refractivity contribution is -0.148. The Labute approximate surface area is 121 Å². The zero-order valence-corrected chi connectivity index (χ0v) is 11.4. The van der Waals surface area contributed by atoms with Crippen molar-refractivity contribution in [3.63, 3.8) is 0 Å². The number of hydrogen-bond acceptors (Lipinski definition) is 4. The first-order chi connectivity index (χ1) is 10.2. The normalized spacial score (nSPS) is 17.9. The van der Waals surface area contributed by atoms with Crippen LogP contribution < -0.4 is 0 Å². The Balaban J connectivity index is 1.61.